The molecule has 2 aliphatic heterocycles. The third-order valence-electron chi connectivity index (χ3n) is 5.82. The molecule has 0 N–H and O–H groups in total. The molecule has 168 valence electrons. The Labute approximate surface area is 187 Å². The maximum absolute atomic E-state index is 13.0. The molecule has 0 unspecified atom stereocenters. The molecule has 2 saturated heterocycles. The fourth-order valence-corrected chi connectivity index (χ4v) is 6.81. The largest absolute Gasteiger partial charge is 0.379 e. The van der Waals surface area contributed by atoms with Crippen molar-refractivity contribution in [3.05, 3.63) is 30.1 Å². The van der Waals surface area contributed by atoms with Crippen LogP contribution in [0.4, 0.5) is 0 Å². The molecule has 2 aromatic rings. The molecule has 3 heterocycles. The van der Waals surface area contributed by atoms with Crippen LogP contribution in [-0.2, 0) is 25.9 Å². The number of benzene rings is 1. The lowest BCUT2D eigenvalue weighted by Crippen LogP contribution is -2.41. The summed E-state index contributed by atoms with van der Waals surface area (Å²) in [6, 6.07) is 7.58. The molecule has 1 amide bonds. The van der Waals surface area contributed by atoms with Crippen LogP contribution in [0.2, 0.25) is 0 Å². The second kappa shape index (κ2) is 9.40. The van der Waals surface area contributed by atoms with E-state index in [1.54, 1.807) is 11.9 Å². The fourth-order valence-electron chi connectivity index (χ4n) is 3.98. The van der Waals surface area contributed by atoms with Crippen LogP contribution in [0, 0.1) is 0 Å². The molecule has 0 saturated carbocycles. The number of carbonyl (C=O) groups excluding carboxylic acids is 1. The molecule has 2 fully saturated rings. The second-order valence-electron chi connectivity index (χ2n) is 8.12. The minimum Gasteiger partial charge on any atom is -0.379 e. The van der Waals surface area contributed by atoms with Crippen LogP contribution in [-0.4, -0.2) is 90.2 Å². The van der Waals surface area contributed by atoms with Crippen LogP contribution < -0.4 is 0 Å². The van der Waals surface area contributed by atoms with Crippen molar-refractivity contribution in [3.63, 3.8) is 0 Å². The molecule has 0 radical (unpaired) electrons. The number of amides is 1. The van der Waals surface area contributed by atoms with E-state index in [9.17, 15) is 13.2 Å². The Bertz CT molecular complexity index is 1060. The van der Waals surface area contributed by atoms with Crippen molar-refractivity contribution in [1.82, 2.24) is 19.8 Å². The van der Waals surface area contributed by atoms with Crippen LogP contribution in [0.5, 0.6) is 0 Å². The number of aromatic nitrogens is 2. The summed E-state index contributed by atoms with van der Waals surface area (Å²) in [6.07, 6.45) is 0.502. The molecule has 2 aliphatic rings. The lowest BCUT2D eigenvalue weighted by Gasteiger charge is -2.27. The molecular weight excluding hydrogens is 436 g/mol. The monoisotopic (exact) mass is 464 g/mol. The number of sulfone groups is 1. The Morgan fingerprint density at radius 2 is 2.03 bits per heavy atom. The Balaban J connectivity index is 1.52. The molecule has 8 nitrogen and oxygen atoms in total. The summed E-state index contributed by atoms with van der Waals surface area (Å²) in [5.74, 6) is 0.855. The van der Waals surface area contributed by atoms with Crippen molar-refractivity contribution in [1.29, 1.82) is 0 Å². The minimum absolute atomic E-state index is 0.0484. The van der Waals surface area contributed by atoms with Gasteiger partial charge in [0.05, 0.1) is 42.0 Å². The van der Waals surface area contributed by atoms with Crippen LogP contribution in [0.3, 0.4) is 0 Å². The molecule has 31 heavy (non-hydrogen) atoms. The summed E-state index contributed by atoms with van der Waals surface area (Å²) < 4.78 is 29.0. The first-order valence-electron chi connectivity index (χ1n) is 10.5. The summed E-state index contributed by atoms with van der Waals surface area (Å²) in [5, 5.41) is 1.31. The van der Waals surface area contributed by atoms with E-state index in [0.717, 1.165) is 34.8 Å². The van der Waals surface area contributed by atoms with E-state index >= 15 is 0 Å². The topological polar surface area (TPSA) is 92.7 Å². The summed E-state index contributed by atoms with van der Waals surface area (Å²) in [7, 11) is -1.34. The summed E-state index contributed by atoms with van der Waals surface area (Å²) in [4.78, 5) is 26.4. The Hall–Kier alpha value is -1.75. The van der Waals surface area contributed by atoms with Crippen molar-refractivity contribution in [2.24, 2.45) is 0 Å². The van der Waals surface area contributed by atoms with Crippen LogP contribution in [0.25, 0.3) is 10.9 Å². The number of thioether (sulfide) groups is 1. The average Bonchev–Trinajstić information content (AvgIpc) is 3.13. The van der Waals surface area contributed by atoms with Gasteiger partial charge in [-0.1, -0.05) is 30.0 Å². The first-order chi connectivity index (χ1) is 14.8. The Morgan fingerprint density at radius 1 is 1.29 bits per heavy atom. The van der Waals surface area contributed by atoms with Crippen LogP contribution in [0.15, 0.2) is 29.3 Å². The summed E-state index contributed by atoms with van der Waals surface area (Å²) >= 11 is 1.41. The van der Waals surface area contributed by atoms with Crippen LogP contribution in [0.1, 0.15) is 19.2 Å². The van der Waals surface area contributed by atoms with E-state index in [2.05, 4.69) is 4.90 Å². The van der Waals surface area contributed by atoms with Gasteiger partial charge in [-0.15, -0.1) is 0 Å². The highest BCUT2D eigenvalue weighted by atomic mass is 32.2. The minimum atomic E-state index is -3.04. The van der Waals surface area contributed by atoms with Crippen molar-refractivity contribution < 1.29 is 17.9 Å². The number of fused-ring (bicyclic) bond motifs is 1. The van der Waals surface area contributed by atoms with Gasteiger partial charge in [0.2, 0.25) is 5.91 Å². The average molecular weight is 465 g/mol. The number of carbonyl (C=O) groups is 1. The molecule has 2 atom stereocenters. The van der Waals surface area contributed by atoms with Crippen molar-refractivity contribution in [2.45, 2.75) is 36.2 Å². The van der Waals surface area contributed by atoms with Gasteiger partial charge in [0.15, 0.2) is 9.84 Å². The van der Waals surface area contributed by atoms with Crippen LogP contribution >= 0.6 is 11.8 Å². The molecule has 10 heteroatoms. The molecule has 0 spiro atoms. The number of morpholine rings is 1. The number of hydrogen-bond acceptors (Lipinski definition) is 8. The number of nitrogens with zero attached hydrogens (tertiary/aromatic N) is 4. The van der Waals surface area contributed by atoms with Gasteiger partial charge >= 0.3 is 0 Å². The smallest absolute Gasteiger partial charge is 0.235 e. The van der Waals surface area contributed by atoms with Crippen molar-refractivity contribution in [2.75, 3.05) is 44.9 Å². The third kappa shape index (κ3) is 5.36. The number of hydrogen-bond donors (Lipinski definition) is 0. The Morgan fingerprint density at radius 3 is 2.74 bits per heavy atom. The third-order valence-corrected chi connectivity index (χ3v) is 8.66. The maximum atomic E-state index is 13.0. The van der Waals surface area contributed by atoms with Gasteiger partial charge in [0.1, 0.15) is 10.9 Å². The lowest BCUT2D eigenvalue weighted by atomic mass is 10.2. The second-order valence-corrected chi connectivity index (χ2v) is 11.7. The molecule has 1 aromatic carbocycles. The first kappa shape index (κ1) is 22.4. The highest BCUT2D eigenvalue weighted by Gasteiger charge is 2.34. The predicted octanol–water partition coefficient (Wildman–Crippen LogP) is 1.59. The highest BCUT2D eigenvalue weighted by molar-refractivity contribution is 8.00. The normalized spacial score (nSPS) is 22.5. The number of para-hydroxylation sites is 1. The molecule has 0 bridgehead atoms. The molecule has 1 aromatic heterocycles. The standard InChI is InChI=1S/C21H28N4O4S2/c1-15(21(26)24(2)16-7-12-31(27,28)14-16)30-20-17-5-3-4-6-18(17)22-19(23-20)13-25-8-10-29-11-9-25/h3-6,15-16H,7-14H2,1-2H3/t15-,16+/m0/s1. The SMILES string of the molecule is C[C@H](Sc1nc(CN2CCOCC2)nc2ccccc12)C(=O)N(C)[C@@H]1CCS(=O)(=O)C1. The highest BCUT2D eigenvalue weighted by Crippen LogP contribution is 2.30. The fraction of sp³-hybridized carbons (Fsp3) is 0.571. The van der Waals surface area contributed by atoms with Gasteiger partial charge in [0.25, 0.3) is 0 Å². The summed E-state index contributed by atoms with van der Waals surface area (Å²) in [6.45, 7) is 5.62. The van der Waals surface area contributed by atoms with Gasteiger partial charge in [-0.3, -0.25) is 9.69 Å². The quantitative estimate of drug-likeness (QED) is 0.470. The zero-order chi connectivity index (χ0) is 22.0. The zero-order valence-electron chi connectivity index (χ0n) is 17.9. The van der Waals surface area contributed by atoms with E-state index in [-0.39, 0.29) is 28.7 Å². The van der Waals surface area contributed by atoms with E-state index in [4.69, 9.17) is 14.7 Å². The van der Waals surface area contributed by atoms with Gasteiger partial charge < -0.3 is 9.64 Å². The van der Waals surface area contributed by atoms with E-state index < -0.39 is 9.84 Å². The lowest BCUT2D eigenvalue weighted by molar-refractivity contribution is -0.130. The Kier molecular flexibility index (Phi) is 6.80. The van der Waals surface area contributed by atoms with E-state index in [0.29, 0.717) is 26.2 Å². The first-order valence-corrected chi connectivity index (χ1v) is 13.2. The van der Waals surface area contributed by atoms with Gasteiger partial charge in [-0.2, -0.15) is 0 Å². The van der Waals surface area contributed by atoms with E-state index in [1.165, 1.54) is 11.8 Å². The zero-order valence-corrected chi connectivity index (χ0v) is 19.5. The van der Waals surface area contributed by atoms with Crippen molar-refractivity contribution >= 4 is 38.4 Å². The molecule has 4 rings (SSSR count). The number of ether oxygens (including phenoxy) is 1. The van der Waals surface area contributed by atoms with Gasteiger partial charge in [-0.25, -0.2) is 18.4 Å². The maximum Gasteiger partial charge on any atom is 0.235 e. The van der Waals surface area contributed by atoms with Gasteiger partial charge in [-0.05, 0) is 19.4 Å². The summed E-state index contributed by atoms with van der Waals surface area (Å²) in [5.41, 5.74) is 0.859. The van der Waals surface area contributed by atoms with Gasteiger partial charge in [0, 0.05) is 31.6 Å². The van der Waals surface area contributed by atoms with E-state index in [1.807, 2.05) is 31.2 Å². The molecule has 0 aliphatic carbocycles. The predicted molar refractivity (Wildman–Crippen MR) is 121 cm³/mol. The van der Waals surface area contributed by atoms with Crippen molar-refractivity contribution in [3.8, 4) is 0 Å². The number of rotatable bonds is 6. The molecular formula is C21H28N4O4S2.